The summed E-state index contributed by atoms with van der Waals surface area (Å²) in [5.74, 6) is 0.931. The standard InChI is InChI=1S/C29H28N6O3/c1-5-38-29-17-27(20(4)16-28(29)35-33-26-13-11-24(37)15-19(26)3)34-31-22-8-6-21(7-9-22)30-32-25-12-10-23(36)14-18(25)2/h6-17,36-37H,5H2,1-4H3. The van der Waals surface area contributed by atoms with E-state index in [0.29, 0.717) is 46.5 Å². The molecular formula is C29H28N6O3. The molecule has 0 spiro atoms. The topological polar surface area (TPSA) is 124 Å². The molecule has 0 heterocycles. The number of ether oxygens (including phenoxy) is 1. The SMILES string of the molecule is CCOc1cc(N=Nc2ccc(N=Nc3ccc(O)cc3C)cc2)c(C)cc1N=Nc1ccc(O)cc1C. The molecule has 0 saturated carbocycles. The Kier molecular flexibility index (Phi) is 8.17. The molecule has 0 saturated heterocycles. The summed E-state index contributed by atoms with van der Waals surface area (Å²) in [6.07, 6.45) is 0. The van der Waals surface area contributed by atoms with Gasteiger partial charge < -0.3 is 14.9 Å². The summed E-state index contributed by atoms with van der Waals surface area (Å²) in [5, 5.41) is 45.1. The first kappa shape index (κ1) is 26.2. The van der Waals surface area contributed by atoms with E-state index in [-0.39, 0.29) is 11.5 Å². The molecule has 9 heteroatoms. The zero-order valence-electron chi connectivity index (χ0n) is 21.6. The van der Waals surface area contributed by atoms with Crippen LogP contribution in [0.4, 0.5) is 34.1 Å². The predicted octanol–water partition coefficient (Wildman–Crippen LogP) is 9.67. The van der Waals surface area contributed by atoms with Crippen molar-refractivity contribution < 1.29 is 14.9 Å². The highest BCUT2D eigenvalue weighted by molar-refractivity contribution is 5.63. The van der Waals surface area contributed by atoms with Gasteiger partial charge in [-0.25, -0.2) is 0 Å². The second kappa shape index (κ2) is 11.9. The zero-order chi connectivity index (χ0) is 27.1. The summed E-state index contributed by atoms with van der Waals surface area (Å²) in [6.45, 7) is 8.00. The van der Waals surface area contributed by atoms with Crippen molar-refractivity contribution in [2.24, 2.45) is 30.7 Å². The molecule has 0 bridgehead atoms. The van der Waals surface area contributed by atoms with Gasteiger partial charge in [-0.2, -0.15) is 25.6 Å². The first-order chi connectivity index (χ1) is 18.3. The second-order valence-electron chi connectivity index (χ2n) is 8.60. The lowest BCUT2D eigenvalue weighted by Gasteiger charge is -2.09. The Morgan fingerprint density at radius 1 is 0.526 bits per heavy atom. The molecule has 0 aliphatic carbocycles. The van der Waals surface area contributed by atoms with Crippen LogP contribution in [0.1, 0.15) is 23.6 Å². The molecular weight excluding hydrogens is 480 g/mol. The van der Waals surface area contributed by atoms with Crippen molar-refractivity contribution in [2.45, 2.75) is 27.7 Å². The maximum atomic E-state index is 9.61. The third kappa shape index (κ3) is 6.64. The van der Waals surface area contributed by atoms with Gasteiger partial charge in [-0.3, -0.25) is 0 Å². The molecule has 2 N–H and O–H groups in total. The number of benzene rings is 4. The number of aryl methyl sites for hydroxylation is 3. The number of aromatic hydroxyl groups is 2. The highest BCUT2D eigenvalue weighted by Gasteiger charge is 2.09. The Morgan fingerprint density at radius 3 is 1.47 bits per heavy atom. The summed E-state index contributed by atoms with van der Waals surface area (Å²) >= 11 is 0. The Bertz CT molecular complexity index is 1530. The van der Waals surface area contributed by atoms with Gasteiger partial charge in [0.25, 0.3) is 0 Å². The van der Waals surface area contributed by atoms with Crippen molar-refractivity contribution in [1.29, 1.82) is 0 Å². The molecule has 4 aromatic rings. The van der Waals surface area contributed by atoms with E-state index in [1.54, 1.807) is 54.6 Å². The Labute approximate surface area is 220 Å². The van der Waals surface area contributed by atoms with Gasteiger partial charge in [-0.1, -0.05) is 0 Å². The molecule has 0 aromatic heterocycles. The van der Waals surface area contributed by atoms with E-state index in [2.05, 4.69) is 30.7 Å². The first-order valence-corrected chi connectivity index (χ1v) is 12.0. The zero-order valence-corrected chi connectivity index (χ0v) is 21.6. The summed E-state index contributed by atoms with van der Waals surface area (Å²) in [5.41, 5.74) is 6.43. The lowest BCUT2D eigenvalue weighted by Crippen LogP contribution is -1.92. The number of phenolic OH excluding ortho intramolecular Hbond substituents is 2. The first-order valence-electron chi connectivity index (χ1n) is 12.0. The highest BCUT2D eigenvalue weighted by Crippen LogP contribution is 2.37. The van der Waals surface area contributed by atoms with E-state index in [4.69, 9.17) is 4.74 Å². The van der Waals surface area contributed by atoms with E-state index in [9.17, 15) is 10.2 Å². The van der Waals surface area contributed by atoms with Crippen LogP contribution in [0.3, 0.4) is 0 Å². The minimum atomic E-state index is 0.185. The van der Waals surface area contributed by atoms with E-state index < -0.39 is 0 Å². The van der Waals surface area contributed by atoms with E-state index in [1.165, 1.54) is 0 Å². The minimum Gasteiger partial charge on any atom is -0.508 e. The van der Waals surface area contributed by atoms with Gasteiger partial charge in [0, 0.05) is 6.07 Å². The lowest BCUT2D eigenvalue weighted by molar-refractivity contribution is 0.341. The third-order valence-corrected chi connectivity index (χ3v) is 5.60. The molecule has 0 radical (unpaired) electrons. The van der Waals surface area contributed by atoms with Crippen LogP contribution < -0.4 is 4.74 Å². The highest BCUT2D eigenvalue weighted by atomic mass is 16.5. The van der Waals surface area contributed by atoms with Crippen molar-refractivity contribution in [3.63, 3.8) is 0 Å². The lowest BCUT2D eigenvalue weighted by atomic mass is 10.1. The monoisotopic (exact) mass is 508 g/mol. The molecule has 0 atom stereocenters. The van der Waals surface area contributed by atoms with Crippen LogP contribution in [0.25, 0.3) is 0 Å². The Morgan fingerprint density at radius 2 is 0.974 bits per heavy atom. The third-order valence-electron chi connectivity index (χ3n) is 5.60. The summed E-state index contributed by atoms with van der Waals surface area (Å²) < 4.78 is 5.78. The summed E-state index contributed by atoms with van der Waals surface area (Å²) in [6, 6.07) is 20.7. The quantitative estimate of drug-likeness (QED) is 0.230. The summed E-state index contributed by atoms with van der Waals surface area (Å²) in [7, 11) is 0. The van der Waals surface area contributed by atoms with Gasteiger partial charge >= 0.3 is 0 Å². The largest absolute Gasteiger partial charge is 0.508 e. The predicted molar refractivity (Wildman–Crippen MR) is 147 cm³/mol. The fourth-order valence-electron chi connectivity index (χ4n) is 3.54. The van der Waals surface area contributed by atoms with Crippen LogP contribution in [-0.4, -0.2) is 16.8 Å². The van der Waals surface area contributed by atoms with Crippen LogP contribution in [0, 0.1) is 20.8 Å². The maximum absolute atomic E-state index is 9.61. The van der Waals surface area contributed by atoms with E-state index >= 15 is 0 Å². The normalized spacial score (nSPS) is 11.7. The molecule has 9 nitrogen and oxygen atoms in total. The molecule has 4 aromatic carbocycles. The molecule has 192 valence electrons. The van der Waals surface area contributed by atoms with Crippen molar-refractivity contribution >= 4 is 34.1 Å². The average molecular weight is 509 g/mol. The van der Waals surface area contributed by atoms with E-state index in [1.807, 2.05) is 45.9 Å². The van der Waals surface area contributed by atoms with Crippen LogP contribution in [0.2, 0.25) is 0 Å². The molecule has 0 aliphatic heterocycles. The number of rotatable bonds is 8. The fraction of sp³-hybridized carbons (Fsp3) is 0.172. The van der Waals surface area contributed by atoms with E-state index in [0.717, 1.165) is 16.7 Å². The Hall–Kier alpha value is -4.92. The van der Waals surface area contributed by atoms with Crippen LogP contribution in [0.5, 0.6) is 17.2 Å². The van der Waals surface area contributed by atoms with Gasteiger partial charge in [-0.05, 0) is 111 Å². The number of hydrogen-bond acceptors (Lipinski definition) is 9. The smallest absolute Gasteiger partial charge is 0.149 e. The molecule has 0 fully saturated rings. The maximum Gasteiger partial charge on any atom is 0.149 e. The molecule has 0 aliphatic rings. The van der Waals surface area contributed by atoms with Gasteiger partial charge in [0.05, 0.1) is 35.0 Å². The van der Waals surface area contributed by atoms with Crippen LogP contribution in [-0.2, 0) is 0 Å². The average Bonchev–Trinajstić information content (AvgIpc) is 2.89. The van der Waals surface area contributed by atoms with Crippen molar-refractivity contribution in [1.82, 2.24) is 0 Å². The number of nitrogens with zero attached hydrogens (tertiary/aromatic N) is 6. The molecule has 4 rings (SSSR count). The Balaban J connectivity index is 1.51. The number of phenols is 2. The van der Waals surface area contributed by atoms with Gasteiger partial charge in [-0.15, -0.1) is 5.11 Å². The molecule has 0 amide bonds. The van der Waals surface area contributed by atoms with Gasteiger partial charge in [0.1, 0.15) is 22.9 Å². The molecule has 38 heavy (non-hydrogen) atoms. The number of azo groups is 3. The summed E-state index contributed by atoms with van der Waals surface area (Å²) in [4.78, 5) is 0. The van der Waals surface area contributed by atoms with Crippen LogP contribution >= 0.6 is 0 Å². The van der Waals surface area contributed by atoms with Crippen molar-refractivity contribution in [3.8, 4) is 17.2 Å². The van der Waals surface area contributed by atoms with Crippen LogP contribution in [0.15, 0.2) is 103 Å². The minimum absolute atomic E-state index is 0.185. The fourth-order valence-corrected chi connectivity index (χ4v) is 3.54. The van der Waals surface area contributed by atoms with Crippen molar-refractivity contribution in [2.75, 3.05) is 6.61 Å². The van der Waals surface area contributed by atoms with Crippen molar-refractivity contribution in [3.05, 3.63) is 89.5 Å². The second-order valence-corrected chi connectivity index (χ2v) is 8.60. The molecule has 0 unspecified atom stereocenters. The number of hydrogen-bond donors (Lipinski definition) is 2. The van der Waals surface area contributed by atoms with Gasteiger partial charge in [0.2, 0.25) is 0 Å². The van der Waals surface area contributed by atoms with Gasteiger partial charge in [0.15, 0.2) is 0 Å².